The molecule has 0 N–H and O–H groups in total. The van der Waals surface area contributed by atoms with Gasteiger partial charge in [0.25, 0.3) is 0 Å². The van der Waals surface area contributed by atoms with Crippen molar-refractivity contribution in [3.63, 3.8) is 0 Å². The van der Waals surface area contributed by atoms with Crippen molar-refractivity contribution in [1.82, 2.24) is 4.98 Å². The number of rotatable bonds is 4. The normalized spacial score (nSPS) is 12.9. The van der Waals surface area contributed by atoms with E-state index in [-0.39, 0.29) is 0 Å². The highest BCUT2D eigenvalue weighted by molar-refractivity contribution is 9.09. The highest BCUT2D eigenvalue weighted by atomic mass is 79.9. The average Bonchev–Trinajstić information content (AvgIpc) is 2.29. The molecule has 1 atom stereocenters. The predicted octanol–water partition coefficient (Wildman–Crippen LogP) is 3.50. The lowest BCUT2D eigenvalue weighted by Crippen LogP contribution is -2.10. The summed E-state index contributed by atoms with van der Waals surface area (Å²) in [5.74, 6) is 0. The molecule has 1 aromatic heterocycles. The fourth-order valence-electron chi connectivity index (χ4n) is 2.04. The number of aryl methyl sites for hydroxylation is 1. The summed E-state index contributed by atoms with van der Waals surface area (Å²) in [5.41, 5.74) is 3.46. The maximum absolute atomic E-state index is 5.16. The number of fused-ring (bicyclic) bond motifs is 1. The van der Waals surface area contributed by atoms with E-state index in [2.05, 4.69) is 45.2 Å². The third kappa shape index (κ3) is 3.05. The number of aromatic nitrogens is 1. The van der Waals surface area contributed by atoms with E-state index in [0.717, 1.165) is 24.2 Å². The van der Waals surface area contributed by atoms with Crippen LogP contribution in [0.3, 0.4) is 0 Å². The number of halogens is 1. The zero-order chi connectivity index (χ0) is 12.3. The molecule has 0 amide bonds. The Labute approximate surface area is 110 Å². The van der Waals surface area contributed by atoms with Gasteiger partial charge in [-0.1, -0.05) is 34.1 Å². The van der Waals surface area contributed by atoms with Crippen LogP contribution in [-0.2, 0) is 11.2 Å². The van der Waals surface area contributed by atoms with Crippen LogP contribution >= 0.6 is 15.9 Å². The topological polar surface area (TPSA) is 22.1 Å². The van der Waals surface area contributed by atoms with Crippen LogP contribution in [0.15, 0.2) is 30.3 Å². The second-order valence-electron chi connectivity index (χ2n) is 4.20. The van der Waals surface area contributed by atoms with Crippen LogP contribution in [0.1, 0.15) is 11.3 Å². The Morgan fingerprint density at radius 1 is 1.35 bits per heavy atom. The molecule has 2 aromatic rings. The van der Waals surface area contributed by atoms with Crippen LogP contribution in [-0.4, -0.2) is 23.5 Å². The molecule has 3 heteroatoms. The zero-order valence-corrected chi connectivity index (χ0v) is 11.7. The first-order valence-corrected chi connectivity index (χ1v) is 6.60. The number of nitrogens with zero attached hydrogens (tertiary/aromatic N) is 1. The van der Waals surface area contributed by atoms with Crippen molar-refractivity contribution < 1.29 is 4.74 Å². The Hall–Kier alpha value is -0.930. The van der Waals surface area contributed by atoms with Crippen molar-refractivity contribution in [2.24, 2.45) is 0 Å². The molecule has 0 saturated carbocycles. The number of ether oxygens (including phenoxy) is 1. The van der Waals surface area contributed by atoms with Gasteiger partial charge in [0.05, 0.1) is 12.1 Å². The first kappa shape index (κ1) is 12.5. The Morgan fingerprint density at radius 2 is 2.12 bits per heavy atom. The SMILES string of the molecule is COCC(Br)Cc1cc(C)nc2ccccc12. The summed E-state index contributed by atoms with van der Waals surface area (Å²) in [5, 5.41) is 1.23. The number of hydrogen-bond acceptors (Lipinski definition) is 2. The Balaban J connectivity index is 2.38. The van der Waals surface area contributed by atoms with Gasteiger partial charge in [-0.3, -0.25) is 4.98 Å². The fraction of sp³-hybridized carbons (Fsp3) is 0.357. The molecule has 17 heavy (non-hydrogen) atoms. The highest BCUT2D eigenvalue weighted by Gasteiger charge is 2.09. The number of alkyl halides is 1. The van der Waals surface area contributed by atoms with Crippen LogP contribution in [0.5, 0.6) is 0 Å². The summed E-state index contributed by atoms with van der Waals surface area (Å²) >= 11 is 3.64. The number of hydrogen-bond donors (Lipinski definition) is 0. The highest BCUT2D eigenvalue weighted by Crippen LogP contribution is 2.21. The number of methoxy groups -OCH3 is 1. The van der Waals surface area contributed by atoms with Gasteiger partial charge in [-0.2, -0.15) is 0 Å². The number of para-hydroxylation sites is 1. The quantitative estimate of drug-likeness (QED) is 0.805. The van der Waals surface area contributed by atoms with Crippen LogP contribution in [0, 0.1) is 6.92 Å². The van der Waals surface area contributed by atoms with Crippen LogP contribution in [0.4, 0.5) is 0 Å². The molecule has 1 unspecified atom stereocenters. The van der Waals surface area contributed by atoms with E-state index in [1.165, 1.54) is 10.9 Å². The second-order valence-corrected chi connectivity index (χ2v) is 5.49. The van der Waals surface area contributed by atoms with Gasteiger partial charge in [-0.15, -0.1) is 0 Å². The molecule has 0 aliphatic carbocycles. The number of pyridine rings is 1. The van der Waals surface area contributed by atoms with Gasteiger partial charge in [0.15, 0.2) is 0 Å². The summed E-state index contributed by atoms with van der Waals surface area (Å²) in [7, 11) is 1.73. The summed E-state index contributed by atoms with van der Waals surface area (Å²) in [6.07, 6.45) is 0.956. The average molecular weight is 294 g/mol. The zero-order valence-electron chi connectivity index (χ0n) is 10.1. The second kappa shape index (κ2) is 5.61. The third-order valence-corrected chi connectivity index (χ3v) is 3.31. The summed E-state index contributed by atoms with van der Waals surface area (Å²) in [4.78, 5) is 4.89. The van der Waals surface area contributed by atoms with Gasteiger partial charge in [-0.25, -0.2) is 0 Å². The molecule has 1 aromatic carbocycles. The van der Waals surface area contributed by atoms with Crippen molar-refractivity contribution >= 4 is 26.8 Å². The van der Waals surface area contributed by atoms with Gasteiger partial charge in [0, 0.05) is 23.0 Å². The Kier molecular flexibility index (Phi) is 4.13. The van der Waals surface area contributed by atoms with E-state index in [1.807, 2.05) is 13.0 Å². The Bertz CT molecular complexity index is 513. The van der Waals surface area contributed by atoms with Crippen LogP contribution in [0.25, 0.3) is 10.9 Å². The van der Waals surface area contributed by atoms with Crippen molar-refractivity contribution in [3.05, 3.63) is 41.6 Å². The molecular weight excluding hydrogens is 278 g/mol. The molecule has 90 valence electrons. The summed E-state index contributed by atoms with van der Waals surface area (Å²) in [6, 6.07) is 10.4. The fourth-order valence-corrected chi connectivity index (χ4v) is 2.66. The maximum Gasteiger partial charge on any atom is 0.0707 e. The van der Waals surface area contributed by atoms with E-state index in [9.17, 15) is 0 Å². The molecule has 0 saturated heterocycles. The van der Waals surface area contributed by atoms with Crippen molar-refractivity contribution in [3.8, 4) is 0 Å². The van der Waals surface area contributed by atoms with Gasteiger partial charge in [0.2, 0.25) is 0 Å². The largest absolute Gasteiger partial charge is 0.384 e. The van der Waals surface area contributed by atoms with Gasteiger partial charge < -0.3 is 4.74 Å². The van der Waals surface area contributed by atoms with E-state index in [4.69, 9.17) is 4.74 Å². The predicted molar refractivity (Wildman–Crippen MR) is 74.8 cm³/mol. The minimum atomic E-state index is 0.345. The smallest absolute Gasteiger partial charge is 0.0707 e. The van der Waals surface area contributed by atoms with E-state index < -0.39 is 0 Å². The van der Waals surface area contributed by atoms with Gasteiger partial charge >= 0.3 is 0 Å². The van der Waals surface area contributed by atoms with Crippen molar-refractivity contribution in [2.45, 2.75) is 18.2 Å². The van der Waals surface area contributed by atoms with E-state index in [1.54, 1.807) is 7.11 Å². The molecule has 0 bridgehead atoms. The van der Waals surface area contributed by atoms with Gasteiger partial charge in [0.1, 0.15) is 0 Å². The molecule has 0 spiro atoms. The first-order chi connectivity index (χ1) is 8.20. The molecule has 1 heterocycles. The molecule has 0 aliphatic rings. The third-order valence-electron chi connectivity index (χ3n) is 2.72. The van der Waals surface area contributed by atoms with Crippen LogP contribution < -0.4 is 0 Å². The first-order valence-electron chi connectivity index (χ1n) is 5.69. The van der Waals surface area contributed by atoms with E-state index >= 15 is 0 Å². The van der Waals surface area contributed by atoms with E-state index in [0.29, 0.717) is 4.83 Å². The van der Waals surface area contributed by atoms with Crippen molar-refractivity contribution in [2.75, 3.05) is 13.7 Å². The summed E-state index contributed by atoms with van der Waals surface area (Å²) < 4.78 is 5.16. The summed E-state index contributed by atoms with van der Waals surface area (Å²) in [6.45, 7) is 2.76. The number of benzene rings is 1. The molecule has 0 aliphatic heterocycles. The minimum Gasteiger partial charge on any atom is -0.384 e. The Morgan fingerprint density at radius 3 is 2.88 bits per heavy atom. The standard InChI is InChI=1S/C14H16BrNO/c1-10-7-11(8-12(15)9-17-2)13-5-3-4-6-14(13)16-10/h3-7,12H,8-9H2,1-2H3. The van der Waals surface area contributed by atoms with Gasteiger partial charge in [-0.05, 0) is 31.0 Å². The van der Waals surface area contributed by atoms with Crippen LogP contribution in [0.2, 0.25) is 0 Å². The van der Waals surface area contributed by atoms with Crippen molar-refractivity contribution in [1.29, 1.82) is 0 Å². The lowest BCUT2D eigenvalue weighted by Gasteiger charge is -2.11. The molecule has 2 rings (SSSR count). The minimum absolute atomic E-state index is 0.345. The lowest BCUT2D eigenvalue weighted by molar-refractivity contribution is 0.200. The molecule has 0 fully saturated rings. The monoisotopic (exact) mass is 293 g/mol. The molecule has 2 nitrogen and oxygen atoms in total. The lowest BCUT2D eigenvalue weighted by atomic mass is 10.0. The molecule has 0 radical (unpaired) electrons. The molecular formula is C14H16BrNO. The maximum atomic E-state index is 5.16.